The zero-order valence-corrected chi connectivity index (χ0v) is 26.6. The summed E-state index contributed by atoms with van der Waals surface area (Å²) in [5, 5.41) is 12.9. The summed E-state index contributed by atoms with van der Waals surface area (Å²) < 4.78 is 20.0. The number of likely N-dealkylation sites (tertiary alicyclic amines) is 1. The molecular weight excluding hydrogens is 585 g/mol. The summed E-state index contributed by atoms with van der Waals surface area (Å²) in [6, 6.07) is 16.0. The molecule has 2 saturated heterocycles. The Morgan fingerprint density at radius 2 is 1.91 bits per heavy atom. The van der Waals surface area contributed by atoms with Crippen LogP contribution in [0, 0.1) is 17.1 Å². The van der Waals surface area contributed by atoms with Gasteiger partial charge in [0.1, 0.15) is 17.6 Å². The molecule has 0 unspecified atom stereocenters. The van der Waals surface area contributed by atoms with Crippen LogP contribution in [0.5, 0.6) is 5.75 Å². The van der Waals surface area contributed by atoms with Crippen molar-refractivity contribution in [2.24, 2.45) is 0 Å². The number of hydrogen-bond donors (Lipinski definition) is 1. The predicted molar refractivity (Wildman–Crippen MR) is 175 cm³/mol. The minimum Gasteiger partial charge on any atom is -0.493 e. The number of carbonyl (C=O) groups is 2. The number of halogens is 1. The molecule has 6 rings (SSSR count). The molecule has 1 aromatic heterocycles. The van der Waals surface area contributed by atoms with Crippen LogP contribution in [0.4, 0.5) is 20.6 Å². The van der Waals surface area contributed by atoms with Gasteiger partial charge in [0.15, 0.2) is 5.69 Å². The molecule has 46 heavy (non-hydrogen) atoms. The molecule has 2 fully saturated rings. The number of carbonyl (C=O) groups excluding carboxylic acids is 2. The molecule has 11 heteroatoms. The number of likely N-dealkylation sites (N-methyl/N-ethyl adjacent to an activating group) is 1. The summed E-state index contributed by atoms with van der Waals surface area (Å²) in [5.41, 5.74) is 3.91. The lowest BCUT2D eigenvalue weighted by Crippen LogP contribution is -2.57. The van der Waals surface area contributed by atoms with Crippen molar-refractivity contribution in [1.82, 2.24) is 20.1 Å². The Hall–Kier alpha value is -4.69. The Kier molecular flexibility index (Phi) is 9.08. The fraction of sp³-hybridized carbons (Fsp3) is 0.429. The average molecular weight is 626 g/mol. The van der Waals surface area contributed by atoms with E-state index in [2.05, 4.69) is 28.1 Å². The lowest BCUT2D eigenvalue weighted by atomic mass is 10.0. The number of nitrogens with zero attached hydrogens (tertiary/aromatic N) is 6. The Labute approximate surface area is 269 Å². The number of anilines is 2. The van der Waals surface area contributed by atoms with Crippen molar-refractivity contribution in [3.8, 4) is 23.1 Å². The quantitative estimate of drug-likeness (QED) is 0.407. The third-order valence-electron chi connectivity index (χ3n) is 9.19. The van der Waals surface area contributed by atoms with E-state index < -0.39 is 5.82 Å². The number of piperazine rings is 1. The summed E-state index contributed by atoms with van der Waals surface area (Å²) in [6.45, 7) is 7.99. The normalized spacial score (nSPS) is 19.6. The minimum atomic E-state index is -0.468. The lowest BCUT2D eigenvalue weighted by Gasteiger charge is -2.44. The molecule has 3 aliphatic heterocycles. The van der Waals surface area contributed by atoms with Crippen LogP contribution in [0.1, 0.15) is 48.3 Å². The summed E-state index contributed by atoms with van der Waals surface area (Å²) in [4.78, 5) is 40.5. The molecule has 240 valence electrons. The van der Waals surface area contributed by atoms with E-state index in [-0.39, 0.29) is 29.6 Å². The maximum absolute atomic E-state index is 14.1. The zero-order valence-electron chi connectivity index (χ0n) is 26.6. The first kappa shape index (κ1) is 31.3. The fourth-order valence-corrected chi connectivity index (χ4v) is 6.92. The van der Waals surface area contributed by atoms with Crippen molar-refractivity contribution in [2.45, 2.75) is 45.2 Å². The van der Waals surface area contributed by atoms with Crippen molar-refractivity contribution in [3.05, 3.63) is 71.2 Å². The molecule has 2 atom stereocenters. The Balaban J connectivity index is 1.29. The van der Waals surface area contributed by atoms with Gasteiger partial charge < -0.3 is 24.8 Å². The number of rotatable bonds is 7. The minimum absolute atomic E-state index is 0.0399. The van der Waals surface area contributed by atoms with Crippen molar-refractivity contribution >= 4 is 23.3 Å². The molecule has 3 aliphatic rings. The second-order valence-electron chi connectivity index (χ2n) is 12.2. The molecule has 0 bridgehead atoms. The number of pyridine rings is 1. The highest BCUT2D eigenvalue weighted by molar-refractivity contribution is 5.99. The van der Waals surface area contributed by atoms with E-state index in [1.807, 2.05) is 50.4 Å². The highest BCUT2D eigenvalue weighted by Gasteiger charge is 2.37. The molecule has 3 aromatic rings. The van der Waals surface area contributed by atoms with Gasteiger partial charge in [-0.3, -0.25) is 9.69 Å². The second-order valence-corrected chi connectivity index (χ2v) is 12.2. The highest BCUT2D eigenvalue weighted by atomic mass is 19.1. The molecular formula is C35H40FN7O3. The number of urea groups is 1. The number of ether oxygens (including phenoxy) is 1. The molecule has 1 N–H and O–H groups in total. The first-order valence-corrected chi connectivity index (χ1v) is 16.1. The number of fused-ring (bicyclic) bond motifs is 1. The number of hydrogen-bond acceptors (Lipinski definition) is 7. The SMILES string of the molecule is CCOc1ccccc1-c1ccc(N2CCN(C(=O)N3CCc4cc(F)cc(C#N)c43)C[C@H]2CC)c(C(=O)N[C@H]2CCN(C)C2)n1. The van der Waals surface area contributed by atoms with E-state index in [0.29, 0.717) is 67.6 Å². The topological polar surface area (TPSA) is 105 Å². The number of nitrogens with one attached hydrogen (secondary N) is 1. The Morgan fingerprint density at radius 3 is 2.65 bits per heavy atom. The van der Waals surface area contributed by atoms with Crippen LogP contribution in [0.25, 0.3) is 11.3 Å². The number of nitriles is 1. The average Bonchev–Trinajstić information content (AvgIpc) is 3.69. The van der Waals surface area contributed by atoms with Gasteiger partial charge in [-0.1, -0.05) is 19.1 Å². The highest BCUT2D eigenvalue weighted by Crippen LogP contribution is 2.36. The molecule has 3 amide bonds. The second kappa shape index (κ2) is 13.3. The number of benzene rings is 2. The predicted octanol–water partition coefficient (Wildman–Crippen LogP) is 4.68. The molecule has 2 aromatic carbocycles. The third-order valence-corrected chi connectivity index (χ3v) is 9.19. The fourth-order valence-electron chi connectivity index (χ4n) is 6.92. The van der Waals surface area contributed by atoms with E-state index in [1.165, 1.54) is 12.1 Å². The van der Waals surface area contributed by atoms with Crippen LogP contribution < -0.4 is 19.9 Å². The van der Waals surface area contributed by atoms with Crippen molar-refractivity contribution in [1.29, 1.82) is 5.26 Å². The van der Waals surface area contributed by atoms with Gasteiger partial charge in [-0.05, 0) is 81.7 Å². The molecule has 4 heterocycles. The molecule has 0 saturated carbocycles. The van der Waals surface area contributed by atoms with Gasteiger partial charge in [-0.15, -0.1) is 0 Å². The largest absolute Gasteiger partial charge is 0.493 e. The van der Waals surface area contributed by atoms with Crippen LogP contribution in [0.3, 0.4) is 0 Å². The van der Waals surface area contributed by atoms with Crippen LogP contribution in [-0.4, -0.2) is 91.7 Å². The summed E-state index contributed by atoms with van der Waals surface area (Å²) in [6.07, 6.45) is 2.12. The van der Waals surface area contributed by atoms with Gasteiger partial charge in [0.2, 0.25) is 0 Å². The number of amides is 3. The first-order chi connectivity index (χ1) is 22.3. The smallest absolute Gasteiger partial charge is 0.324 e. The number of para-hydroxylation sites is 1. The van der Waals surface area contributed by atoms with E-state index in [0.717, 1.165) is 37.2 Å². The third kappa shape index (κ3) is 6.09. The van der Waals surface area contributed by atoms with Gasteiger partial charge in [-0.25, -0.2) is 14.2 Å². The Bertz CT molecular complexity index is 1670. The monoisotopic (exact) mass is 625 g/mol. The van der Waals surface area contributed by atoms with Crippen LogP contribution in [0.15, 0.2) is 48.5 Å². The molecule has 0 aliphatic carbocycles. The van der Waals surface area contributed by atoms with E-state index in [4.69, 9.17) is 9.72 Å². The van der Waals surface area contributed by atoms with Gasteiger partial charge in [0.05, 0.1) is 29.2 Å². The van der Waals surface area contributed by atoms with Gasteiger partial charge in [0.25, 0.3) is 5.91 Å². The molecule has 0 spiro atoms. The number of aromatic nitrogens is 1. The van der Waals surface area contributed by atoms with Crippen LogP contribution in [-0.2, 0) is 6.42 Å². The molecule has 0 radical (unpaired) electrons. The van der Waals surface area contributed by atoms with Crippen molar-refractivity contribution in [2.75, 3.05) is 62.7 Å². The molecule has 10 nitrogen and oxygen atoms in total. The van der Waals surface area contributed by atoms with Crippen LogP contribution >= 0.6 is 0 Å². The van der Waals surface area contributed by atoms with Gasteiger partial charge in [-0.2, -0.15) is 5.26 Å². The van der Waals surface area contributed by atoms with Crippen molar-refractivity contribution < 1.29 is 18.7 Å². The van der Waals surface area contributed by atoms with E-state index in [9.17, 15) is 19.2 Å². The van der Waals surface area contributed by atoms with E-state index >= 15 is 0 Å². The lowest BCUT2D eigenvalue weighted by molar-refractivity contribution is 0.0933. The summed E-state index contributed by atoms with van der Waals surface area (Å²) in [5.74, 6) is 0.0211. The van der Waals surface area contributed by atoms with E-state index in [1.54, 1.807) is 9.80 Å². The van der Waals surface area contributed by atoms with Crippen molar-refractivity contribution in [3.63, 3.8) is 0 Å². The maximum atomic E-state index is 14.1. The first-order valence-electron chi connectivity index (χ1n) is 16.1. The maximum Gasteiger partial charge on any atom is 0.324 e. The van der Waals surface area contributed by atoms with Gasteiger partial charge >= 0.3 is 6.03 Å². The Morgan fingerprint density at radius 1 is 1.09 bits per heavy atom. The zero-order chi connectivity index (χ0) is 32.4. The van der Waals surface area contributed by atoms with Crippen LogP contribution in [0.2, 0.25) is 0 Å². The summed E-state index contributed by atoms with van der Waals surface area (Å²) >= 11 is 0. The standard InChI is InChI=1S/C35H40FN7O3/c1-4-27-22-41(35(45)43-15-12-23-18-25(36)19-24(20-37)33(23)43)16-17-42(27)30-11-10-29(28-8-6-7-9-31(28)46-5-2)39-32(30)34(44)38-26-13-14-40(3)21-26/h6-11,18-19,26-27H,4-5,12-17,21-22H2,1-3H3,(H,38,44)/t26-,27+/m0/s1. The van der Waals surface area contributed by atoms with Gasteiger partial charge in [0, 0.05) is 50.4 Å². The summed E-state index contributed by atoms with van der Waals surface area (Å²) in [7, 11) is 2.05.